The third-order valence-corrected chi connectivity index (χ3v) is 3.65. The number of guanidine groups is 1. The number of β-amino-alcohol motifs (C(OH)–C–C–N with tert-alkyl or cyclic N) is 1. The number of hydrogen-bond donors (Lipinski definition) is 3. The maximum atomic E-state index is 10.2. The second kappa shape index (κ2) is 7.11. The molecule has 1 heterocycles. The quantitative estimate of drug-likeness (QED) is 0.575. The van der Waals surface area contributed by atoms with E-state index < -0.39 is 6.10 Å². The molecule has 0 amide bonds. The van der Waals surface area contributed by atoms with Crippen molar-refractivity contribution in [2.24, 2.45) is 10.7 Å². The Kier molecular flexibility index (Phi) is 5.42. The van der Waals surface area contributed by atoms with E-state index in [1.807, 2.05) is 20.8 Å². The predicted octanol–water partition coefficient (Wildman–Crippen LogP) is 1.11. The van der Waals surface area contributed by atoms with Gasteiger partial charge in [-0.25, -0.2) is 0 Å². The molecule has 2 rings (SSSR count). The lowest BCUT2D eigenvalue weighted by molar-refractivity contribution is 0.111. The lowest BCUT2D eigenvalue weighted by Gasteiger charge is -2.30. The number of hydrogen-bond acceptors (Lipinski definition) is 3. The molecule has 1 aliphatic rings. The molecule has 1 aromatic rings. The van der Waals surface area contributed by atoms with E-state index in [9.17, 15) is 5.11 Å². The van der Waals surface area contributed by atoms with Gasteiger partial charge in [-0.15, -0.1) is 0 Å². The predicted molar refractivity (Wildman–Crippen MR) is 90.8 cm³/mol. The third-order valence-electron chi connectivity index (χ3n) is 3.65. The maximum Gasteiger partial charge on any atom is 0.189 e. The highest BCUT2D eigenvalue weighted by Crippen LogP contribution is 2.18. The molecule has 5 heteroatoms. The normalized spacial score (nSPS) is 17.9. The highest BCUT2D eigenvalue weighted by atomic mass is 16.3. The molecule has 0 fully saturated rings. The van der Waals surface area contributed by atoms with Crippen molar-refractivity contribution in [3.05, 3.63) is 35.4 Å². The molecule has 0 aromatic heterocycles. The van der Waals surface area contributed by atoms with E-state index in [0.29, 0.717) is 19.0 Å². The number of nitrogens with one attached hydrogen (secondary N) is 1. The Morgan fingerprint density at radius 3 is 2.73 bits per heavy atom. The summed E-state index contributed by atoms with van der Waals surface area (Å²) in [5.74, 6) is 0.385. The summed E-state index contributed by atoms with van der Waals surface area (Å²) < 4.78 is 0. The van der Waals surface area contributed by atoms with Gasteiger partial charge in [0.2, 0.25) is 0 Å². The Morgan fingerprint density at radius 2 is 2.05 bits per heavy atom. The average molecular weight is 304 g/mol. The molecule has 0 saturated carbocycles. The first-order valence-corrected chi connectivity index (χ1v) is 7.89. The van der Waals surface area contributed by atoms with Crippen LogP contribution in [0.3, 0.4) is 0 Å². The van der Waals surface area contributed by atoms with Crippen molar-refractivity contribution in [2.75, 3.05) is 19.6 Å². The minimum absolute atomic E-state index is 0.116. The van der Waals surface area contributed by atoms with Gasteiger partial charge in [0.05, 0.1) is 12.6 Å². The topological polar surface area (TPSA) is 73.9 Å². The van der Waals surface area contributed by atoms with Crippen LogP contribution in [0.1, 0.15) is 31.9 Å². The second-order valence-electron chi connectivity index (χ2n) is 7.01. The van der Waals surface area contributed by atoms with Crippen LogP contribution in [0.15, 0.2) is 29.3 Å². The smallest absolute Gasteiger partial charge is 0.189 e. The van der Waals surface area contributed by atoms with Gasteiger partial charge in [0.25, 0.3) is 0 Å². The number of nitrogens with two attached hydrogens (primary N) is 1. The van der Waals surface area contributed by atoms with Crippen LogP contribution in [-0.4, -0.2) is 47.2 Å². The zero-order valence-corrected chi connectivity index (χ0v) is 13.8. The Balaban J connectivity index is 1.81. The molecule has 4 N–H and O–H groups in total. The van der Waals surface area contributed by atoms with Crippen molar-refractivity contribution in [3.8, 4) is 0 Å². The fraction of sp³-hybridized carbons (Fsp3) is 0.588. The fourth-order valence-corrected chi connectivity index (χ4v) is 2.69. The Morgan fingerprint density at radius 1 is 1.36 bits per heavy atom. The van der Waals surface area contributed by atoms with Crippen LogP contribution < -0.4 is 11.1 Å². The molecule has 1 aromatic carbocycles. The highest BCUT2D eigenvalue weighted by Gasteiger charge is 2.18. The van der Waals surface area contributed by atoms with Gasteiger partial charge in [0, 0.05) is 25.2 Å². The SMILES string of the molecule is CC(C)(C)NC(N)=NCC(O)CN1CCc2ccccc2C1. The zero-order valence-electron chi connectivity index (χ0n) is 13.8. The molecule has 0 radical (unpaired) electrons. The molecule has 22 heavy (non-hydrogen) atoms. The summed E-state index contributed by atoms with van der Waals surface area (Å²) in [4.78, 5) is 6.50. The van der Waals surface area contributed by atoms with Crippen molar-refractivity contribution in [1.82, 2.24) is 10.2 Å². The lowest BCUT2D eigenvalue weighted by atomic mass is 10.00. The Labute approximate surface area is 133 Å². The Bertz CT molecular complexity index is 522. The monoisotopic (exact) mass is 304 g/mol. The van der Waals surface area contributed by atoms with Crippen LogP contribution in [0.5, 0.6) is 0 Å². The number of aliphatic imine (C=N–C) groups is 1. The second-order valence-corrected chi connectivity index (χ2v) is 7.01. The first kappa shape index (κ1) is 16.8. The van der Waals surface area contributed by atoms with Gasteiger partial charge in [-0.3, -0.25) is 9.89 Å². The van der Waals surface area contributed by atoms with Crippen molar-refractivity contribution >= 4 is 5.96 Å². The standard InChI is InChI=1S/C17H28N4O/c1-17(2,3)20-16(18)19-10-15(22)12-21-9-8-13-6-4-5-7-14(13)11-21/h4-7,15,22H,8-12H2,1-3H3,(H3,18,19,20). The zero-order chi connectivity index (χ0) is 16.2. The van der Waals surface area contributed by atoms with E-state index in [4.69, 9.17) is 5.73 Å². The largest absolute Gasteiger partial charge is 0.390 e. The first-order chi connectivity index (χ1) is 10.3. The lowest BCUT2D eigenvalue weighted by Crippen LogP contribution is -2.45. The van der Waals surface area contributed by atoms with Crippen LogP contribution in [0.25, 0.3) is 0 Å². The van der Waals surface area contributed by atoms with E-state index in [2.05, 4.69) is 39.5 Å². The molecule has 0 spiro atoms. The van der Waals surface area contributed by atoms with Crippen LogP contribution in [0.4, 0.5) is 0 Å². The van der Waals surface area contributed by atoms with E-state index in [1.54, 1.807) is 0 Å². The van der Waals surface area contributed by atoms with Crippen LogP contribution in [0.2, 0.25) is 0 Å². The molecule has 0 aliphatic carbocycles. The van der Waals surface area contributed by atoms with Gasteiger partial charge < -0.3 is 16.2 Å². The summed E-state index contributed by atoms with van der Waals surface area (Å²) >= 11 is 0. The molecule has 1 atom stereocenters. The molecule has 1 aliphatic heterocycles. The van der Waals surface area contributed by atoms with Crippen molar-refractivity contribution in [1.29, 1.82) is 0 Å². The van der Waals surface area contributed by atoms with Gasteiger partial charge in [0.1, 0.15) is 0 Å². The van der Waals surface area contributed by atoms with Gasteiger partial charge in [0.15, 0.2) is 5.96 Å². The fourth-order valence-electron chi connectivity index (χ4n) is 2.69. The summed E-state index contributed by atoms with van der Waals surface area (Å²) in [7, 11) is 0. The van der Waals surface area contributed by atoms with E-state index in [0.717, 1.165) is 19.5 Å². The average Bonchev–Trinajstić information content (AvgIpc) is 2.43. The van der Waals surface area contributed by atoms with Gasteiger partial charge in [-0.05, 0) is 38.3 Å². The highest BCUT2D eigenvalue weighted by molar-refractivity contribution is 5.78. The molecule has 1 unspecified atom stereocenters. The molecule has 5 nitrogen and oxygen atoms in total. The van der Waals surface area contributed by atoms with E-state index >= 15 is 0 Å². The summed E-state index contributed by atoms with van der Waals surface area (Å²) in [6.07, 6.45) is 0.547. The summed E-state index contributed by atoms with van der Waals surface area (Å²) in [5, 5.41) is 13.3. The number of rotatable bonds is 4. The number of benzene rings is 1. The van der Waals surface area contributed by atoms with Crippen molar-refractivity contribution in [3.63, 3.8) is 0 Å². The number of aliphatic hydroxyl groups is 1. The van der Waals surface area contributed by atoms with E-state index in [-0.39, 0.29) is 5.54 Å². The van der Waals surface area contributed by atoms with Crippen LogP contribution >= 0.6 is 0 Å². The number of fused-ring (bicyclic) bond motifs is 1. The molecular formula is C17H28N4O. The van der Waals surface area contributed by atoms with Gasteiger partial charge in [-0.1, -0.05) is 24.3 Å². The summed E-state index contributed by atoms with van der Waals surface area (Å²) in [6.45, 7) is 8.90. The first-order valence-electron chi connectivity index (χ1n) is 7.89. The molecule has 122 valence electrons. The third kappa shape index (κ3) is 5.31. The summed E-state index contributed by atoms with van der Waals surface area (Å²) in [6, 6.07) is 8.51. The van der Waals surface area contributed by atoms with Crippen LogP contribution in [0, 0.1) is 0 Å². The van der Waals surface area contributed by atoms with Crippen molar-refractivity contribution < 1.29 is 5.11 Å². The molecule has 0 saturated heterocycles. The van der Waals surface area contributed by atoms with E-state index in [1.165, 1.54) is 11.1 Å². The molecule has 0 bridgehead atoms. The van der Waals surface area contributed by atoms with Gasteiger partial charge >= 0.3 is 0 Å². The van der Waals surface area contributed by atoms with Gasteiger partial charge in [-0.2, -0.15) is 0 Å². The minimum atomic E-state index is -0.495. The van der Waals surface area contributed by atoms with Crippen molar-refractivity contribution in [2.45, 2.75) is 45.4 Å². The maximum absolute atomic E-state index is 10.2. The van der Waals surface area contributed by atoms with Crippen LogP contribution in [-0.2, 0) is 13.0 Å². The summed E-state index contributed by atoms with van der Waals surface area (Å²) in [5.41, 5.74) is 8.48. The minimum Gasteiger partial charge on any atom is -0.390 e. The molecular weight excluding hydrogens is 276 g/mol. The number of nitrogens with zero attached hydrogens (tertiary/aromatic N) is 2. The Hall–Kier alpha value is -1.59. The number of aliphatic hydroxyl groups excluding tert-OH is 1.